The zero-order chi connectivity index (χ0) is 15.0. The lowest BCUT2D eigenvalue weighted by molar-refractivity contribution is 0.257. The highest BCUT2D eigenvalue weighted by Gasteiger charge is 2.09. The van der Waals surface area contributed by atoms with Crippen LogP contribution in [0.1, 0.15) is 31.4 Å². The Morgan fingerprint density at radius 2 is 1.95 bits per heavy atom. The molecule has 1 aromatic rings. The van der Waals surface area contributed by atoms with Gasteiger partial charge in [0.05, 0.1) is 0 Å². The van der Waals surface area contributed by atoms with E-state index < -0.39 is 0 Å². The van der Waals surface area contributed by atoms with Gasteiger partial charge in [-0.2, -0.15) is 0 Å². The Morgan fingerprint density at radius 3 is 2.55 bits per heavy atom. The smallest absolute Gasteiger partial charge is 0.123 e. The Balaban J connectivity index is 2.36. The molecular formula is C16H28FN3. The first-order valence-electron chi connectivity index (χ1n) is 7.41. The fraction of sp³-hybridized carbons (Fsp3) is 0.625. The van der Waals surface area contributed by atoms with Crippen molar-refractivity contribution in [1.82, 2.24) is 9.80 Å². The fourth-order valence-corrected chi connectivity index (χ4v) is 2.26. The normalized spacial score (nSPS) is 13.2. The number of halogens is 1. The molecule has 1 atom stereocenters. The van der Waals surface area contributed by atoms with Crippen molar-refractivity contribution in [2.75, 3.05) is 40.3 Å². The molecule has 0 amide bonds. The Morgan fingerprint density at radius 1 is 1.20 bits per heavy atom. The molecule has 114 valence electrons. The van der Waals surface area contributed by atoms with Gasteiger partial charge >= 0.3 is 0 Å². The quantitative estimate of drug-likeness (QED) is 0.755. The molecule has 1 unspecified atom stereocenters. The molecule has 0 aromatic heterocycles. The van der Waals surface area contributed by atoms with Crippen molar-refractivity contribution in [2.24, 2.45) is 5.73 Å². The molecule has 4 heteroatoms. The minimum absolute atomic E-state index is 0.0893. The summed E-state index contributed by atoms with van der Waals surface area (Å²) in [6, 6.07) is 6.52. The molecule has 20 heavy (non-hydrogen) atoms. The average molecular weight is 281 g/mol. The van der Waals surface area contributed by atoms with Gasteiger partial charge in [-0.15, -0.1) is 0 Å². The highest BCUT2D eigenvalue weighted by Crippen LogP contribution is 2.15. The molecule has 0 fully saturated rings. The third-order valence-corrected chi connectivity index (χ3v) is 3.56. The van der Waals surface area contributed by atoms with Crippen molar-refractivity contribution < 1.29 is 4.39 Å². The van der Waals surface area contributed by atoms with Crippen LogP contribution in [0.15, 0.2) is 24.3 Å². The molecule has 0 aliphatic rings. The first-order valence-corrected chi connectivity index (χ1v) is 7.41. The highest BCUT2D eigenvalue weighted by molar-refractivity contribution is 5.19. The van der Waals surface area contributed by atoms with Crippen molar-refractivity contribution in [2.45, 2.75) is 25.8 Å². The lowest BCUT2D eigenvalue weighted by Crippen LogP contribution is -2.30. The first kappa shape index (κ1) is 17.1. The van der Waals surface area contributed by atoms with Crippen LogP contribution in [0.4, 0.5) is 4.39 Å². The van der Waals surface area contributed by atoms with Crippen LogP contribution >= 0.6 is 0 Å². The summed E-state index contributed by atoms with van der Waals surface area (Å²) in [6.45, 7) is 6.35. The molecule has 0 heterocycles. The van der Waals surface area contributed by atoms with Crippen molar-refractivity contribution in [1.29, 1.82) is 0 Å². The summed E-state index contributed by atoms with van der Waals surface area (Å²) in [7, 11) is 4.19. The maximum Gasteiger partial charge on any atom is 0.123 e. The summed E-state index contributed by atoms with van der Waals surface area (Å²) in [5, 5.41) is 0. The summed E-state index contributed by atoms with van der Waals surface area (Å²) in [5.74, 6) is -0.212. The summed E-state index contributed by atoms with van der Waals surface area (Å²) in [6.07, 6.45) is 2.02. The van der Waals surface area contributed by atoms with E-state index in [1.54, 1.807) is 6.07 Å². The van der Waals surface area contributed by atoms with E-state index in [1.165, 1.54) is 12.1 Å². The molecule has 0 radical (unpaired) electrons. The van der Waals surface area contributed by atoms with Gasteiger partial charge in [0.1, 0.15) is 5.82 Å². The predicted octanol–water partition coefficient (Wildman–Crippen LogP) is 2.49. The molecule has 3 nitrogen and oxygen atoms in total. The zero-order valence-electron chi connectivity index (χ0n) is 13.0. The van der Waals surface area contributed by atoms with Gasteiger partial charge in [-0.05, 0) is 70.8 Å². The fourth-order valence-electron chi connectivity index (χ4n) is 2.26. The van der Waals surface area contributed by atoms with Crippen LogP contribution in [0.5, 0.6) is 0 Å². The molecule has 0 aliphatic carbocycles. The van der Waals surface area contributed by atoms with Gasteiger partial charge in [-0.3, -0.25) is 0 Å². The lowest BCUT2D eigenvalue weighted by Gasteiger charge is -2.23. The van der Waals surface area contributed by atoms with Crippen LogP contribution in [0.3, 0.4) is 0 Å². The van der Waals surface area contributed by atoms with Crippen molar-refractivity contribution in [3.05, 3.63) is 35.6 Å². The van der Waals surface area contributed by atoms with E-state index in [0.717, 1.165) is 44.6 Å². The van der Waals surface area contributed by atoms with E-state index in [0.29, 0.717) is 0 Å². The average Bonchev–Trinajstić information content (AvgIpc) is 2.41. The number of nitrogens with zero attached hydrogens (tertiary/aromatic N) is 2. The Labute approximate surface area is 122 Å². The van der Waals surface area contributed by atoms with E-state index >= 15 is 0 Å². The van der Waals surface area contributed by atoms with Gasteiger partial charge in [0.15, 0.2) is 0 Å². The van der Waals surface area contributed by atoms with Crippen LogP contribution < -0.4 is 5.73 Å². The van der Waals surface area contributed by atoms with Crippen LogP contribution in [-0.2, 0) is 0 Å². The largest absolute Gasteiger partial charge is 0.324 e. The Bertz CT molecular complexity index is 382. The van der Waals surface area contributed by atoms with Gasteiger partial charge in [-0.1, -0.05) is 19.1 Å². The van der Waals surface area contributed by atoms with Gasteiger partial charge in [-0.25, -0.2) is 4.39 Å². The predicted molar refractivity (Wildman–Crippen MR) is 83.2 cm³/mol. The number of benzene rings is 1. The molecule has 0 aliphatic heterocycles. The summed E-state index contributed by atoms with van der Waals surface area (Å²) in [5.41, 5.74) is 7.03. The number of hydrogen-bond donors (Lipinski definition) is 1. The molecule has 0 saturated heterocycles. The van der Waals surface area contributed by atoms with E-state index in [2.05, 4.69) is 30.8 Å². The number of nitrogens with two attached hydrogens (primary N) is 1. The summed E-state index contributed by atoms with van der Waals surface area (Å²) in [4.78, 5) is 4.61. The van der Waals surface area contributed by atoms with Gasteiger partial charge < -0.3 is 15.5 Å². The Hall–Kier alpha value is -0.970. The molecule has 0 saturated carbocycles. The molecule has 1 aromatic carbocycles. The van der Waals surface area contributed by atoms with Gasteiger partial charge in [0.2, 0.25) is 0 Å². The molecule has 0 spiro atoms. The minimum atomic E-state index is -0.212. The maximum atomic E-state index is 13.2. The van der Waals surface area contributed by atoms with Crippen molar-refractivity contribution in [3.63, 3.8) is 0 Å². The van der Waals surface area contributed by atoms with Gasteiger partial charge in [0.25, 0.3) is 0 Å². The lowest BCUT2D eigenvalue weighted by atomic mass is 10.0. The monoisotopic (exact) mass is 281 g/mol. The van der Waals surface area contributed by atoms with Crippen LogP contribution in [-0.4, -0.2) is 50.1 Å². The van der Waals surface area contributed by atoms with E-state index in [9.17, 15) is 4.39 Å². The van der Waals surface area contributed by atoms with Crippen LogP contribution in [0, 0.1) is 5.82 Å². The molecular weight excluding hydrogens is 253 g/mol. The Kier molecular flexibility index (Phi) is 7.73. The number of rotatable bonds is 9. The van der Waals surface area contributed by atoms with Crippen molar-refractivity contribution in [3.8, 4) is 0 Å². The molecule has 1 rings (SSSR count). The van der Waals surface area contributed by atoms with Crippen LogP contribution in [0.25, 0.3) is 0 Å². The van der Waals surface area contributed by atoms with Gasteiger partial charge in [0, 0.05) is 6.04 Å². The topological polar surface area (TPSA) is 32.5 Å². The van der Waals surface area contributed by atoms with E-state index in [-0.39, 0.29) is 11.9 Å². The third-order valence-electron chi connectivity index (χ3n) is 3.56. The molecule has 2 N–H and O–H groups in total. The first-order chi connectivity index (χ1) is 9.52. The maximum absolute atomic E-state index is 13.2. The molecule has 0 bridgehead atoms. The SMILES string of the molecule is CCN(CCCN(C)C)CCC(N)c1cccc(F)c1. The highest BCUT2D eigenvalue weighted by atomic mass is 19.1. The minimum Gasteiger partial charge on any atom is -0.324 e. The number of hydrogen-bond acceptors (Lipinski definition) is 3. The van der Waals surface area contributed by atoms with E-state index in [4.69, 9.17) is 5.73 Å². The summed E-state index contributed by atoms with van der Waals surface area (Å²) < 4.78 is 13.2. The van der Waals surface area contributed by atoms with E-state index in [1.807, 2.05) is 6.07 Å². The van der Waals surface area contributed by atoms with Crippen LogP contribution in [0.2, 0.25) is 0 Å². The van der Waals surface area contributed by atoms with Crippen molar-refractivity contribution >= 4 is 0 Å². The second-order valence-electron chi connectivity index (χ2n) is 5.54. The summed E-state index contributed by atoms with van der Waals surface area (Å²) >= 11 is 0. The third kappa shape index (κ3) is 6.46. The standard InChI is InChI=1S/C16H28FN3/c1-4-20(11-6-10-19(2)3)12-9-16(18)14-7-5-8-15(17)13-14/h5,7-8,13,16H,4,6,9-12,18H2,1-3H3. The second kappa shape index (κ2) is 9.06. The zero-order valence-corrected chi connectivity index (χ0v) is 13.0. The second-order valence-corrected chi connectivity index (χ2v) is 5.54.